The van der Waals surface area contributed by atoms with E-state index in [9.17, 15) is 29.1 Å². The topological polar surface area (TPSA) is 134 Å². The van der Waals surface area contributed by atoms with Crippen molar-refractivity contribution in [2.45, 2.75) is 12.3 Å². The van der Waals surface area contributed by atoms with Crippen LogP contribution in [0.15, 0.2) is 60.7 Å². The Morgan fingerprint density at radius 3 is 1.34 bits per heavy atom. The van der Waals surface area contributed by atoms with E-state index >= 15 is 0 Å². The molecular formula is C19H26O8P2. The Morgan fingerprint density at radius 2 is 1.03 bits per heavy atom. The van der Waals surface area contributed by atoms with Gasteiger partial charge in [-0.2, -0.15) is 0 Å². The summed E-state index contributed by atoms with van der Waals surface area (Å²) in [5, 5.41) is 19.4. The summed E-state index contributed by atoms with van der Waals surface area (Å²) >= 11 is 0. The van der Waals surface area contributed by atoms with Crippen LogP contribution in [0.5, 0.6) is 0 Å². The maximum Gasteiger partial charge on any atom is 0.332 e. The van der Waals surface area contributed by atoms with Gasteiger partial charge in [0.05, 0.1) is 44.2 Å². The molecule has 0 radical (unpaired) electrons. The van der Waals surface area contributed by atoms with Gasteiger partial charge in [0.15, 0.2) is 0 Å². The minimum Gasteiger partial charge on any atom is -0.396 e. The summed E-state index contributed by atoms with van der Waals surface area (Å²) in [5.41, 5.74) is -0.323. The molecule has 29 heavy (non-hydrogen) atoms. The summed E-state index contributed by atoms with van der Waals surface area (Å²) in [6, 6.07) is 17.1. The molecule has 0 aliphatic carbocycles. The Labute approximate surface area is 169 Å². The van der Waals surface area contributed by atoms with Crippen LogP contribution in [0.25, 0.3) is 0 Å². The van der Waals surface area contributed by atoms with E-state index < -0.39 is 47.0 Å². The van der Waals surface area contributed by atoms with Gasteiger partial charge >= 0.3 is 15.2 Å². The standard InChI is InChI=1S/C19H26O8P2/c20-13-19(14-21,15-26-28(22,23)11-17-7-3-1-4-8-17)16-27-29(24,25)12-18-9-5-2-6-10-18/h1-10,20-21H,11-16H2,(H,22,23)(H,24,25). The van der Waals surface area contributed by atoms with Crippen LogP contribution < -0.4 is 0 Å². The molecule has 8 nitrogen and oxygen atoms in total. The lowest BCUT2D eigenvalue weighted by Gasteiger charge is -2.30. The average Bonchev–Trinajstić information content (AvgIpc) is 2.69. The number of benzene rings is 2. The Bertz CT molecular complexity index is 772. The van der Waals surface area contributed by atoms with E-state index in [4.69, 9.17) is 9.05 Å². The normalized spacial score (nSPS) is 16.1. The predicted octanol–water partition coefficient (Wildman–Crippen LogP) is 2.76. The zero-order valence-electron chi connectivity index (χ0n) is 15.8. The van der Waals surface area contributed by atoms with Gasteiger partial charge in [0.1, 0.15) is 0 Å². The third kappa shape index (κ3) is 8.13. The molecule has 0 bridgehead atoms. The lowest BCUT2D eigenvalue weighted by atomic mass is 9.93. The van der Waals surface area contributed by atoms with E-state index in [0.717, 1.165) is 0 Å². The SMILES string of the molecule is O=P(O)(Cc1ccccc1)OCC(CO)(CO)COP(=O)(O)Cc1ccccc1. The molecule has 4 N–H and O–H groups in total. The molecule has 0 saturated carbocycles. The van der Waals surface area contributed by atoms with Crippen LogP contribution in [0.4, 0.5) is 0 Å². The third-order valence-corrected chi connectivity index (χ3v) is 6.86. The van der Waals surface area contributed by atoms with Gasteiger partial charge in [-0.3, -0.25) is 9.13 Å². The largest absolute Gasteiger partial charge is 0.396 e. The number of rotatable bonds is 12. The Hall–Kier alpha value is -1.34. The molecule has 10 heteroatoms. The Morgan fingerprint density at radius 1 is 0.690 bits per heavy atom. The van der Waals surface area contributed by atoms with Crippen LogP contribution in [0.3, 0.4) is 0 Å². The molecule has 0 heterocycles. The van der Waals surface area contributed by atoms with Gasteiger partial charge in [0.25, 0.3) is 0 Å². The summed E-state index contributed by atoms with van der Waals surface area (Å²) in [6.07, 6.45) is -0.484. The summed E-state index contributed by atoms with van der Waals surface area (Å²) in [6.45, 7) is -2.38. The van der Waals surface area contributed by atoms with Crippen molar-refractivity contribution < 1.29 is 38.2 Å². The van der Waals surface area contributed by atoms with E-state index in [1.165, 1.54) is 0 Å². The Balaban J connectivity index is 1.97. The summed E-state index contributed by atoms with van der Waals surface area (Å²) in [4.78, 5) is 20.1. The number of hydrogen-bond acceptors (Lipinski definition) is 6. The molecule has 0 fully saturated rings. The fourth-order valence-corrected chi connectivity index (χ4v) is 4.95. The molecule has 0 aromatic heterocycles. The van der Waals surface area contributed by atoms with Gasteiger partial charge in [-0.15, -0.1) is 0 Å². The highest BCUT2D eigenvalue weighted by atomic mass is 31.2. The third-order valence-electron chi connectivity index (χ3n) is 4.27. The van der Waals surface area contributed by atoms with Crippen LogP contribution in [-0.2, 0) is 30.5 Å². The highest BCUT2D eigenvalue weighted by Gasteiger charge is 2.36. The maximum atomic E-state index is 12.3. The van der Waals surface area contributed by atoms with E-state index in [-0.39, 0.29) is 12.3 Å². The molecule has 0 aliphatic heterocycles. The van der Waals surface area contributed by atoms with Crippen LogP contribution in [-0.4, -0.2) is 46.4 Å². The van der Waals surface area contributed by atoms with Crippen molar-refractivity contribution in [3.63, 3.8) is 0 Å². The highest BCUT2D eigenvalue weighted by Crippen LogP contribution is 2.49. The summed E-state index contributed by atoms with van der Waals surface area (Å²) in [5.74, 6) is 0. The van der Waals surface area contributed by atoms with Crippen molar-refractivity contribution >= 4 is 15.2 Å². The van der Waals surface area contributed by atoms with Gasteiger partial charge in [-0.05, 0) is 11.1 Å². The predicted molar refractivity (Wildman–Crippen MR) is 108 cm³/mol. The first kappa shape index (κ1) is 23.9. The molecular weight excluding hydrogens is 418 g/mol. The minimum atomic E-state index is -4.07. The van der Waals surface area contributed by atoms with Crippen LogP contribution >= 0.6 is 15.2 Å². The fourth-order valence-electron chi connectivity index (χ4n) is 2.47. The number of hydrogen-bond donors (Lipinski definition) is 4. The van der Waals surface area contributed by atoms with Gasteiger partial charge in [-0.25, -0.2) is 0 Å². The zero-order valence-corrected chi connectivity index (χ0v) is 17.6. The molecule has 2 rings (SSSR count). The quantitative estimate of drug-likeness (QED) is 0.367. The smallest absolute Gasteiger partial charge is 0.332 e. The first-order valence-corrected chi connectivity index (χ1v) is 12.4. The number of aliphatic hydroxyl groups excluding tert-OH is 2. The molecule has 0 spiro atoms. The van der Waals surface area contributed by atoms with E-state index in [1.807, 2.05) is 0 Å². The van der Waals surface area contributed by atoms with Crippen molar-refractivity contribution in [2.75, 3.05) is 26.4 Å². The van der Waals surface area contributed by atoms with Crippen molar-refractivity contribution in [3.05, 3.63) is 71.8 Å². The molecule has 2 aromatic carbocycles. The fraction of sp³-hybridized carbons (Fsp3) is 0.368. The maximum absolute atomic E-state index is 12.3. The summed E-state index contributed by atoms with van der Waals surface area (Å²) < 4.78 is 34.9. The lowest BCUT2D eigenvalue weighted by Crippen LogP contribution is -2.39. The average molecular weight is 444 g/mol. The van der Waals surface area contributed by atoms with Crippen molar-refractivity contribution in [1.29, 1.82) is 0 Å². The van der Waals surface area contributed by atoms with Gasteiger partial charge in [0, 0.05) is 0 Å². The molecule has 0 amide bonds. The van der Waals surface area contributed by atoms with Gasteiger partial charge in [0.2, 0.25) is 0 Å². The molecule has 0 saturated heterocycles. The molecule has 2 atom stereocenters. The zero-order chi connectivity index (χ0) is 21.4. The van der Waals surface area contributed by atoms with Crippen molar-refractivity contribution in [1.82, 2.24) is 0 Å². The highest BCUT2D eigenvalue weighted by molar-refractivity contribution is 7.52. The summed E-state index contributed by atoms with van der Waals surface area (Å²) in [7, 11) is -8.13. The first-order chi connectivity index (χ1) is 13.7. The van der Waals surface area contributed by atoms with Gasteiger partial charge in [-0.1, -0.05) is 60.7 Å². The second kappa shape index (κ2) is 10.6. The van der Waals surface area contributed by atoms with Gasteiger partial charge < -0.3 is 29.0 Å². The molecule has 2 aromatic rings. The van der Waals surface area contributed by atoms with E-state index in [1.54, 1.807) is 60.7 Å². The van der Waals surface area contributed by atoms with Crippen LogP contribution in [0, 0.1) is 5.41 Å². The second-order valence-electron chi connectivity index (χ2n) is 6.93. The Kier molecular flexibility index (Phi) is 8.76. The number of aliphatic hydroxyl groups is 2. The molecule has 160 valence electrons. The minimum absolute atomic E-state index is 0.242. The lowest BCUT2D eigenvalue weighted by molar-refractivity contribution is -0.0230. The molecule has 0 aliphatic rings. The monoisotopic (exact) mass is 444 g/mol. The van der Waals surface area contributed by atoms with Crippen LogP contribution in [0.2, 0.25) is 0 Å². The second-order valence-corrected chi connectivity index (χ2v) is 10.6. The van der Waals surface area contributed by atoms with Crippen molar-refractivity contribution in [2.24, 2.45) is 5.41 Å². The molecule has 2 unspecified atom stereocenters. The first-order valence-electron chi connectivity index (χ1n) is 8.92. The van der Waals surface area contributed by atoms with E-state index in [0.29, 0.717) is 11.1 Å². The van der Waals surface area contributed by atoms with Crippen molar-refractivity contribution in [3.8, 4) is 0 Å². The van der Waals surface area contributed by atoms with Crippen LogP contribution in [0.1, 0.15) is 11.1 Å². The van der Waals surface area contributed by atoms with E-state index in [2.05, 4.69) is 0 Å².